The smallest absolute Gasteiger partial charge is 0.239 e. The van der Waals surface area contributed by atoms with Crippen molar-refractivity contribution in [1.29, 1.82) is 0 Å². The van der Waals surface area contributed by atoms with E-state index in [0.29, 0.717) is 13.1 Å². The molecule has 3 atom stereocenters. The standard InChI is InChI=1S/C17H25FN2O2/c1-12-7-8-20(11-16(12)21)13(2)17(22)19(3)10-14-5-4-6-15(18)9-14/h4-6,9,12-13,16,21H,7-8,10-11H2,1-3H3. The number of carbonyl (C=O) groups excluding carboxylic acids is 1. The van der Waals surface area contributed by atoms with E-state index in [1.54, 1.807) is 18.0 Å². The number of aliphatic hydroxyl groups is 1. The molecule has 0 saturated carbocycles. The molecule has 0 bridgehead atoms. The van der Waals surface area contributed by atoms with Gasteiger partial charge >= 0.3 is 0 Å². The van der Waals surface area contributed by atoms with Crippen LogP contribution in [0.25, 0.3) is 0 Å². The molecule has 1 aromatic carbocycles. The highest BCUT2D eigenvalue weighted by molar-refractivity contribution is 5.81. The second-order valence-corrected chi connectivity index (χ2v) is 6.33. The predicted octanol–water partition coefficient (Wildman–Crippen LogP) is 1.88. The number of halogens is 1. The van der Waals surface area contributed by atoms with Crippen LogP contribution in [0.5, 0.6) is 0 Å². The van der Waals surface area contributed by atoms with Crippen molar-refractivity contribution < 1.29 is 14.3 Å². The lowest BCUT2D eigenvalue weighted by Crippen LogP contribution is -2.52. The van der Waals surface area contributed by atoms with Gasteiger partial charge in [0.1, 0.15) is 5.82 Å². The Bertz CT molecular complexity index is 523. The highest BCUT2D eigenvalue weighted by Crippen LogP contribution is 2.20. The van der Waals surface area contributed by atoms with Crippen LogP contribution in [-0.4, -0.2) is 53.1 Å². The van der Waals surface area contributed by atoms with Gasteiger partial charge in [-0.05, 0) is 43.5 Å². The maximum atomic E-state index is 13.2. The molecule has 1 amide bonds. The van der Waals surface area contributed by atoms with Crippen molar-refractivity contribution in [1.82, 2.24) is 9.80 Å². The van der Waals surface area contributed by atoms with Gasteiger partial charge in [0, 0.05) is 20.1 Å². The fraction of sp³-hybridized carbons (Fsp3) is 0.588. The minimum Gasteiger partial charge on any atom is -0.392 e. The Morgan fingerprint density at radius 3 is 2.91 bits per heavy atom. The van der Waals surface area contributed by atoms with E-state index < -0.39 is 0 Å². The molecule has 4 nitrogen and oxygen atoms in total. The number of piperidine rings is 1. The van der Waals surface area contributed by atoms with Gasteiger partial charge in [0.15, 0.2) is 0 Å². The quantitative estimate of drug-likeness (QED) is 0.923. The van der Waals surface area contributed by atoms with Crippen LogP contribution in [0, 0.1) is 11.7 Å². The zero-order chi connectivity index (χ0) is 16.3. The monoisotopic (exact) mass is 308 g/mol. The van der Waals surface area contributed by atoms with Crippen LogP contribution in [-0.2, 0) is 11.3 Å². The zero-order valence-corrected chi connectivity index (χ0v) is 13.5. The lowest BCUT2D eigenvalue weighted by Gasteiger charge is -2.38. The first kappa shape index (κ1) is 16.9. The van der Waals surface area contributed by atoms with E-state index >= 15 is 0 Å². The second-order valence-electron chi connectivity index (χ2n) is 6.33. The highest BCUT2D eigenvalue weighted by Gasteiger charge is 2.31. The average Bonchev–Trinajstić information content (AvgIpc) is 2.48. The molecule has 3 unspecified atom stereocenters. The zero-order valence-electron chi connectivity index (χ0n) is 13.5. The van der Waals surface area contributed by atoms with E-state index in [1.165, 1.54) is 12.1 Å². The number of rotatable bonds is 4. The molecule has 5 heteroatoms. The number of likely N-dealkylation sites (tertiary alicyclic amines) is 1. The summed E-state index contributed by atoms with van der Waals surface area (Å²) in [4.78, 5) is 16.2. The summed E-state index contributed by atoms with van der Waals surface area (Å²) in [5, 5.41) is 9.97. The maximum Gasteiger partial charge on any atom is 0.239 e. The van der Waals surface area contributed by atoms with Gasteiger partial charge in [-0.3, -0.25) is 9.69 Å². The first-order chi connectivity index (χ1) is 10.4. The number of likely N-dealkylation sites (N-methyl/N-ethyl adjacent to an activating group) is 1. The number of hydrogen-bond donors (Lipinski definition) is 1. The van der Waals surface area contributed by atoms with Crippen LogP contribution in [0.3, 0.4) is 0 Å². The normalized spacial score (nSPS) is 24.0. The van der Waals surface area contributed by atoms with Gasteiger partial charge in [-0.2, -0.15) is 0 Å². The van der Waals surface area contributed by atoms with Crippen LogP contribution < -0.4 is 0 Å². The van der Waals surface area contributed by atoms with Crippen molar-refractivity contribution >= 4 is 5.91 Å². The van der Waals surface area contributed by atoms with Gasteiger partial charge in [-0.1, -0.05) is 19.1 Å². The molecular weight excluding hydrogens is 283 g/mol. The SMILES string of the molecule is CC1CCN(C(C)C(=O)N(C)Cc2cccc(F)c2)CC1O. The average molecular weight is 308 g/mol. The Morgan fingerprint density at radius 2 is 2.27 bits per heavy atom. The van der Waals surface area contributed by atoms with Crippen LogP contribution in [0.4, 0.5) is 4.39 Å². The van der Waals surface area contributed by atoms with E-state index in [0.717, 1.165) is 18.5 Å². The van der Waals surface area contributed by atoms with Crippen molar-refractivity contribution in [3.05, 3.63) is 35.6 Å². The van der Waals surface area contributed by atoms with Gasteiger partial charge in [0.2, 0.25) is 5.91 Å². The fourth-order valence-electron chi connectivity index (χ4n) is 2.89. The van der Waals surface area contributed by atoms with Crippen molar-refractivity contribution in [3.63, 3.8) is 0 Å². The number of carbonyl (C=O) groups is 1. The summed E-state index contributed by atoms with van der Waals surface area (Å²) < 4.78 is 13.2. The lowest BCUT2D eigenvalue weighted by atomic mass is 9.95. The highest BCUT2D eigenvalue weighted by atomic mass is 19.1. The topological polar surface area (TPSA) is 43.8 Å². The Kier molecular flexibility index (Phi) is 5.53. The number of nitrogens with zero attached hydrogens (tertiary/aromatic N) is 2. The summed E-state index contributed by atoms with van der Waals surface area (Å²) in [6.45, 7) is 5.63. The second kappa shape index (κ2) is 7.20. The number of β-amino-alcohol motifs (C(OH)–C–C–N with tert-alkyl or cyclic N) is 1. The molecule has 2 rings (SSSR count). The summed E-state index contributed by atoms with van der Waals surface area (Å²) in [6.07, 6.45) is 0.518. The molecule has 1 aliphatic heterocycles. The molecular formula is C17H25FN2O2. The van der Waals surface area contributed by atoms with E-state index in [9.17, 15) is 14.3 Å². The third-order valence-electron chi connectivity index (χ3n) is 4.54. The molecule has 1 fully saturated rings. The van der Waals surface area contributed by atoms with E-state index in [-0.39, 0.29) is 29.8 Å². The maximum absolute atomic E-state index is 13.2. The first-order valence-electron chi connectivity index (χ1n) is 7.80. The molecule has 1 aliphatic rings. The number of amides is 1. The molecule has 0 aliphatic carbocycles. The Labute approximate surface area is 131 Å². The van der Waals surface area contributed by atoms with Gasteiger partial charge in [0.05, 0.1) is 12.1 Å². The van der Waals surface area contributed by atoms with Crippen LogP contribution >= 0.6 is 0 Å². The summed E-state index contributed by atoms with van der Waals surface area (Å²) in [5.41, 5.74) is 0.773. The van der Waals surface area contributed by atoms with Crippen molar-refractivity contribution in [3.8, 4) is 0 Å². The van der Waals surface area contributed by atoms with Gasteiger partial charge in [-0.25, -0.2) is 4.39 Å². The summed E-state index contributed by atoms with van der Waals surface area (Å²) in [7, 11) is 1.73. The third-order valence-corrected chi connectivity index (χ3v) is 4.54. The van der Waals surface area contributed by atoms with Crippen molar-refractivity contribution in [2.75, 3.05) is 20.1 Å². The molecule has 1 heterocycles. The van der Waals surface area contributed by atoms with E-state index in [1.807, 2.05) is 24.8 Å². The fourth-order valence-corrected chi connectivity index (χ4v) is 2.89. The molecule has 1 saturated heterocycles. The Hall–Kier alpha value is -1.46. The van der Waals surface area contributed by atoms with Crippen LogP contribution in [0.1, 0.15) is 25.8 Å². The van der Waals surface area contributed by atoms with Crippen molar-refractivity contribution in [2.45, 2.75) is 39.0 Å². The molecule has 1 aromatic rings. The summed E-state index contributed by atoms with van der Waals surface area (Å²) in [6, 6.07) is 6.02. The third kappa shape index (κ3) is 4.05. The first-order valence-corrected chi connectivity index (χ1v) is 7.80. The van der Waals surface area contributed by atoms with Crippen LogP contribution in [0.15, 0.2) is 24.3 Å². The molecule has 122 valence electrons. The van der Waals surface area contributed by atoms with Gasteiger partial charge in [-0.15, -0.1) is 0 Å². The molecule has 1 N–H and O–H groups in total. The van der Waals surface area contributed by atoms with Gasteiger partial charge in [0.25, 0.3) is 0 Å². The largest absolute Gasteiger partial charge is 0.392 e. The molecule has 0 radical (unpaired) electrons. The van der Waals surface area contributed by atoms with Crippen molar-refractivity contribution in [2.24, 2.45) is 5.92 Å². The minimum atomic E-state index is -0.377. The summed E-state index contributed by atoms with van der Waals surface area (Å²) >= 11 is 0. The van der Waals surface area contributed by atoms with Gasteiger partial charge < -0.3 is 10.0 Å². The Morgan fingerprint density at radius 1 is 1.55 bits per heavy atom. The molecule has 0 aromatic heterocycles. The minimum absolute atomic E-state index is 0.00832. The Balaban J connectivity index is 1.95. The number of benzene rings is 1. The summed E-state index contributed by atoms with van der Waals surface area (Å²) in [5.74, 6) is -0.0193. The predicted molar refractivity (Wildman–Crippen MR) is 83.7 cm³/mol. The number of hydrogen-bond acceptors (Lipinski definition) is 3. The lowest BCUT2D eigenvalue weighted by molar-refractivity contribution is -0.137. The van der Waals surface area contributed by atoms with E-state index in [2.05, 4.69) is 0 Å². The molecule has 0 spiro atoms. The van der Waals surface area contributed by atoms with Crippen LogP contribution in [0.2, 0.25) is 0 Å². The van der Waals surface area contributed by atoms with E-state index in [4.69, 9.17) is 0 Å². The molecule has 22 heavy (non-hydrogen) atoms. The number of aliphatic hydroxyl groups excluding tert-OH is 1.